The number of nitrogens with one attached hydrogen (secondary N) is 1. The molecule has 0 atom stereocenters. The van der Waals surface area contributed by atoms with Crippen LogP contribution in [0.1, 0.15) is 17.5 Å². The Bertz CT molecular complexity index is 791. The minimum Gasteiger partial charge on any atom is -0.493 e. The van der Waals surface area contributed by atoms with Gasteiger partial charge < -0.3 is 19.5 Å². The van der Waals surface area contributed by atoms with Crippen LogP contribution in [-0.2, 0) is 4.79 Å². The van der Waals surface area contributed by atoms with E-state index >= 15 is 0 Å². The molecule has 0 radical (unpaired) electrons. The fourth-order valence-electron chi connectivity index (χ4n) is 2.59. The van der Waals surface area contributed by atoms with E-state index in [9.17, 15) is 4.79 Å². The van der Waals surface area contributed by atoms with Crippen LogP contribution < -0.4 is 19.5 Å². The monoisotopic (exact) mass is 361 g/mol. The molecule has 132 valence electrons. The van der Waals surface area contributed by atoms with E-state index in [4.69, 9.17) is 25.8 Å². The van der Waals surface area contributed by atoms with E-state index in [2.05, 4.69) is 5.32 Å². The van der Waals surface area contributed by atoms with E-state index in [1.165, 1.54) is 5.56 Å². The van der Waals surface area contributed by atoms with E-state index < -0.39 is 0 Å². The Morgan fingerprint density at radius 3 is 2.60 bits per heavy atom. The molecule has 0 fully saturated rings. The zero-order valence-corrected chi connectivity index (χ0v) is 15.0. The molecule has 6 heteroatoms. The third-order valence-corrected chi connectivity index (χ3v) is 4.14. The van der Waals surface area contributed by atoms with Crippen molar-refractivity contribution in [2.24, 2.45) is 0 Å². The molecule has 0 bridgehead atoms. The van der Waals surface area contributed by atoms with Gasteiger partial charge >= 0.3 is 0 Å². The Labute approximate surface area is 151 Å². The van der Waals surface area contributed by atoms with Crippen LogP contribution in [0.15, 0.2) is 30.3 Å². The van der Waals surface area contributed by atoms with Gasteiger partial charge in [0.25, 0.3) is 0 Å². The van der Waals surface area contributed by atoms with Gasteiger partial charge in [0.2, 0.25) is 5.91 Å². The lowest BCUT2D eigenvalue weighted by molar-refractivity contribution is -0.116. The molecule has 3 rings (SSSR count). The number of hydrogen-bond donors (Lipinski definition) is 1. The number of rotatable bonds is 5. The van der Waals surface area contributed by atoms with Crippen molar-refractivity contribution in [2.75, 3.05) is 25.1 Å². The third kappa shape index (κ3) is 4.37. The Morgan fingerprint density at radius 1 is 1.16 bits per heavy atom. The predicted octanol–water partition coefficient (Wildman–Crippen LogP) is 4.14. The normalized spacial score (nSPS) is 12.6. The summed E-state index contributed by atoms with van der Waals surface area (Å²) in [5.74, 6) is 1.78. The van der Waals surface area contributed by atoms with E-state index in [0.717, 1.165) is 11.3 Å². The molecule has 1 heterocycles. The number of benzene rings is 2. The first-order chi connectivity index (χ1) is 12.0. The number of carbonyl (C=O) groups excluding carboxylic acids is 1. The minimum absolute atomic E-state index is 0.177. The van der Waals surface area contributed by atoms with Crippen molar-refractivity contribution in [1.82, 2.24) is 0 Å². The van der Waals surface area contributed by atoms with Crippen LogP contribution in [0.5, 0.6) is 17.2 Å². The number of hydrogen-bond acceptors (Lipinski definition) is 4. The van der Waals surface area contributed by atoms with Crippen LogP contribution in [0.4, 0.5) is 5.69 Å². The smallest absolute Gasteiger partial charge is 0.227 e. The van der Waals surface area contributed by atoms with Crippen LogP contribution in [0.2, 0.25) is 5.02 Å². The van der Waals surface area contributed by atoms with Crippen LogP contribution >= 0.6 is 11.6 Å². The summed E-state index contributed by atoms with van der Waals surface area (Å²) in [6.07, 6.45) is 0.220. The van der Waals surface area contributed by atoms with Gasteiger partial charge in [-0.3, -0.25) is 4.79 Å². The maximum Gasteiger partial charge on any atom is 0.227 e. The van der Waals surface area contributed by atoms with Crippen LogP contribution in [0.3, 0.4) is 0 Å². The number of aryl methyl sites for hydroxylation is 2. The average molecular weight is 362 g/mol. The highest BCUT2D eigenvalue weighted by atomic mass is 35.5. The van der Waals surface area contributed by atoms with Crippen molar-refractivity contribution in [2.45, 2.75) is 20.3 Å². The molecule has 0 aliphatic carbocycles. The fourth-order valence-corrected chi connectivity index (χ4v) is 2.79. The first-order valence-corrected chi connectivity index (χ1v) is 8.50. The van der Waals surface area contributed by atoms with Crippen molar-refractivity contribution in [1.29, 1.82) is 0 Å². The molecule has 5 nitrogen and oxygen atoms in total. The molecule has 0 saturated heterocycles. The highest BCUT2D eigenvalue weighted by molar-refractivity contribution is 6.34. The van der Waals surface area contributed by atoms with Gasteiger partial charge in [-0.25, -0.2) is 0 Å². The predicted molar refractivity (Wildman–Crippen MR) is 97.1 cm³/mol. The summed E-state index contributed by atoms with van der Waals surface area (Å²) in [5.41, 5.74) is 2.73. The molecule has 0 saturated carbocycles. The van der Waals surface area contributed by atoms with Gasteiger partial charge in [-0.05, 0) is 25.5 Å². The van der Waals surface area contributed by atoms with Gasteiger partial charge in [0.05, 0.1) is 23.7 Å². The maximum absolute atomic E-state index is 12.1. The van der Waals surface area contributed by atoms with Crippen molar-refractivity contribution < 1.29 is 19.0 Å². The lowest BCUT2D eigenvalue weighted by atomic mass is 10.1. The van der Waals surface area contributed by atoms with Crippen LogP contribution in [0, 0.1) is 13.8 Å². The molecule has 1 amide bonds. The summed E-state index contributed by atoms with van der Waals surface area (Å²) in [7, 11) is 0. The summed E-state index contributed by atoms with van der Waals surface area (Å²) in [4.78, 5) is 12.1. The number of halogens is 1. The van der Waals surface area contributed by atoms with Crippen LogP contribution in [-0.4, -0.2) is 25.7 Å². The summed E-state index contributed by atoms with van der Waals surface area (Å²) in [6, 6.07) is 9.28. The molecule has 0 unspecified atom stereocenters. The van der Waals surface area contributed by atoms with E-state index in [0.29, 0.717) is 35.4 Å². The molecule has 0 aromatic heterocycles. The highest BCUT2D eigenvalue weighted by Crippen LogP contribution is 2.37. The molecule has 2 aromatic carbocycles. The summed E-state index contributed by atoms with van der Waals surface area (Å²) < 4.78 is 16.6. The second-order valence-corrected chi connectivity index (χ2v) is 6.30. The second-order valence-electron chi connectivity index (χ2n) is 5.89. The number of ether oxygens (including phenoxy) is 3. The van der Waals surface area contributed by atoms with E-state index in [1.807, 2.05) is 32.0 Å². The molecular formula is C19H20ClNO4. The topological polar surface area (TPSA) is 56.8 Å². The standard InChI is InChI=1S/C19H20ClNO4/c1-12-3-4-16(13(2)9-12)23-6-5-19(22)21-15-11-18-17(10-14(15)20)24-7-8-25-18/h3-4,9-11H,5-8H2,1-2H3,(H,21,22). The first kappa shape index (κ1) is 17.4. The second kappa shape index (κ2) is 7.66. The summed E-state index contributed by atoms with van der Waals surface area (Å²) in [5, 5.41) is 3.19. The highest BCUT2D eigenvalue weighted by Gasteiger charge is 2.16. The van der Waals surface area contributed by atoms with Gasteiger partial charge in [-0.2, -0.15) is 0 Å². The van der Waals surface area contributed by atoms with Crippen molar-refractivity contribution >= 4 is 23.2 Å². The molecule has 2 aromatic rings. The minimum atomic E-state index is -0.177. The molecule has 0 spiro atoms. The first-order valence-electron chi connectivity index (χ1n) is 8.12. The number of amides is 1. The fraction of sp³-hybridized carbons (Fsp3) is 0.316. The quantitative estimate of drug-likeness (QED) is 0.869. The van der Waals surface area contributed by atoms with Crippen molar-refractivity contribution in [3.8, 4) is 17.2 Å². The van der Waals surface area contributed by atoms with Gasteiger partial charge in [-0.1, -0.05) is 29.3 Å². The van der Waals surface area contributed by atoms with E-state index in [-0.39, 0.29) is 18.9 Å². The number of fused-ring (bicyclic) bond motifs is 1. The summed E-state index contributed by atoms with van der Waals surface area (Å²) >= 11 is 6.19. The Hall–Kier alpha value is -2.40. The molecule has 25 heavy (non-hydrogen) atoms. The van der Waals surface area contributed by atoms with Gasteiger partial charge in [0, 0.05) is 12.1 Å². The lowest BCUT2D eigenvalue weighted by Gasteiger charge is -2.20. The molecular weight excluding hydrogens is 342 g/mol. The van der Waals surface area contributed by atoms with Crippen molar-refractivity contribution in [3.63, 3.8) is 0 Å². The average Bonchev–Trinajstić information content (AvgIpc) is 2.57. The van der Waals surface area contributed by atoms with Gasteiger partial charge in [0.1, 0.15) is 19.0 Å². The molecule has 1 N–H and O–H groups in total. The largest absolute Gasteiger partial charge is 0.493 e. The molecule has 1 aliphatic rings. The SMILES string of the molecule is Cc1ccc(OCCC(=O)Nc2cc3c(cc2Cl)OCCO3)c(C)c1. The lowest BCUT2D eigenvalue weighted by Crippen LogP contribution is -2.18. The Balaban J connectivity index is 1.56. The Kier molecular flexibility index (Phi) is 5.34. The molecule has 1 aliphatic heterocycles. The van der Waals surface area contributed by atoms with Crippen LogP contribution in [0.25, 0.3) is 0 Å². The summed E-state index contributed by atoms with van der Waals surface area (Å²) in [6.45, 7) is 5.27. The maximum atomic E-state index is 12.1. The van der Waals surface area contributed by atoms with Crippen molar-refractivity contribution in [3.05, 3.63) is 46.5 Å². The van der Waals surface area contributed by atoms with Gasteiger partial charge in [-0.15, -0.1) is 0 Å². The number of carbonyl (C=O) groups is 1. The third-order valence-electron chi connectivity index (χ3n) is 3.82. The van der Waals surface area contributed by atoms with Gasteiger partial charge in [0.15, 0.2) is 11.5 Å². The zero-order valence-electron chi connectivity index (χ0n) is 14.2. The Morgan fingerprint density at radius 2 is 1.88 bits per heavy atom. The van der Waals surface area contributed by atoms with E-state index in [1.54, 1.807) is 12.1 Å². The number of anilines is 1. The zero-order chi connectivity index (χ0) is 17.8.